The molecule has 0 amide bonds. The smallest absolute Gasteiger partial charge is 0.132 e. The Morgan fingerprint density at radius 3 is 2.52 bits per heavy atom. The van der Waals surface area contributed by atoms with E-state index in [0.717, 1.165) is 16.8 Å². The van der Waals surface area contributed by atoms with Crippen LogP contribution < -0.4 is 0 Å². The summed E-state index contributed by atoms with van der Waals surface area (Å²) in [7, 11) is 1.95. The quantitative estimate of drug-likeness (QED) is 0.886. The molecular weight excluding hydrogens is 309 g/mol. The lowest BCUT2D eigenvalue weighted by molar-refractivity contribution is 0.217. The van der Waals surface area contributed by atoms with Crippen LogP contribution >= 0.6 is 23.2 Å². The summed E-state index contributed by atoms with van der Waals surface area (Å²) in [5, 5.41) is 14.8. The number of nitrogens with zero attached hydrogens (tertiary/aromatic N) is 3. The average molecular weight is 328 g/mol. The van der Waals surface area contributed by atoms with Crippen molar-refractivity contribution in [3.8, 4) is 0 Å². The van der Waals surface area contributed by atoms with Crippen molar-refractivity contribution in [3.05, 3.63) is 51.3 Å². The summed E-state index contributed by atoms with van der Waals surface area (Å²) >= 11 is 12.3. The fourth-order valence-electron chi connectivity index (χ4n) is 2.16. The van der Waals surface area contributed by atoms with Crippen molar-refractivity contribution >= 4 is 23.2 Å². The number of benzene rings is 1. The Hall–Kier alpha value is -1.07. The van der Waals surface area contributed by atoms with Crippen LogP contribution in [-0.4, -0.2) is 40.0 Å². The van der Waals surface area contributed by atoms with Gasteiger partial charge >= 0.3 is 0 Å². The van der Waals surface area contributed by atoms with Crippen molar-refractivity contribution in [3.63, 3.8) is 0 Å². The van der Waals surface area contributed by atoms with Gasteiger partial charge in [0.1, 0.15) is 5.15 Å². The molecule has 0 saturated carbocycles. The van der Waals surface area contributed by atoms with E-state index in [1.165, 1.54) is 0 Å². The molecule has 1 aromatic carbocycles. The minimum Gasteiger partial charge on any atom is -0.395 e. The molecule has 2 rings (SSSR count). The van der Waals surface area contributed by atoms with Crippen LogP contribution in [0.4, 0.5) is 0 Å². The summed E-state index contributed by atoms with van der Waals surface area (Å²) in [6.07, 6.45) is 0. The molecule has 0 aliphatic heterocycles. The first-order valence-corrected chi connectivity index (χ1v) is 7.52. The van der Waals surface area contributed by atoms with E-state index in [0.29, 0.717) is 29.8 Å². The highest BCUT2D eigenvalue weighted by molar-refractivity contribution is 6.30. The second-order valence-corrected chi connectivity index (χ2v) is 5.89. The molecule has 21 heavy (non-hydrogen) atoms. The molecular formula is C15H19Cl2N3O. The number of halogens is 2. The third-order valence-corrected chi connectivity index (χ3v) is 4.01. The summed E-state index contributed by atoms with van der Waals surface area (Å²) < 4.78 is 1.79. The zero-order chi connectivity index (χ0) is 15.4. The fourth-order valence-corrected chi connectivity index (χ4v) is 2.58. The molecule has 114 valence electrons. The Kier molecular flexibility index (Phi) is 5.65. The van der Waals surface area contributed by atoms with Gasteiger partial charge in [-0.15, -0.1) is 0 Å². The zero-order valence-electron chi connectivity index (χ0n) is 12.2. The number of hydrogen-bond acceptors (Lipinski definition) is 3. The van der Waals surface area contributed by atoms with Gasteiger partial charge in [0.05, 0.1) is 18.8 Å². The largest absolute Gasteiger partial charge is 0.395 e. The van der Waals surface area contributed by atoms with Crippen molar-refractivity contribution in [2.45, 2.75) is 20.0 Å². The molecule has 0 radical (unpaired) electrons. The molecule has 2 aromatic rings. The molecule has 0 saturated heterocycles. The van der Waals surface area contributed by atoms with Crippen LogP contribution in [0.15, 0.2) is 24.3 Å². The van der Waals surface area contributed by atoms with Crippen LogP contribution in [0.25, 0.3) is 0 Å². The SMILES string of the molecule is Cc1nn(Cc2ccc(Cl)cc2)c(Cl)c1CN(C)CCO. The number of aromatic nitrogens is 2. The number of hydrogen-bond donors (Lipinski definition) is 1. The van der Waals surface area contributed by atoms with E-state index < -0.39 is 0 Å². The Morgan fingerprint density at radius 2 is 1.90 bits per heavy atom. The standard InChI is InChI=1S/C15H19Cl2N3O/c1-11-14(10-19(2)7-8-21)15(17)20(18-11)9-12-3-5-13(16)6-4-12/h3-6,21H,7-10H2,1-2H3. The predicted octanol–water partition coefficient (Wildman–Crippen LogP) is 2.97. The summed E-state index contributed by atoms with van der Waals surface area (Å²) in [5.74, 6) is 0. The molecule has 0 aliphatic rings. The number of aliphatic hydroxyl groups is 1. The van der Waals surface area contributed by atoms with Gasteiger partial charge < -0.3 is 5.11 Å². The van der Waals surface area contributed by atoms with E-state index in [-0.39, 0.29) is 6.61 Å². The number of rotatable bonds is 6. The lowest BCUT2D eigenvalue weighted by Crippen LogP contribution is -2.21. The zero-order valence-corrected chi connectivity index (χ0v) is 13.7. The highest BCUT2D eigenvalue weighted by Gasteiger charge is 2.15. The molecule has 1 N–H and O–H groups in total. The van der Waals surface area contributed by atoms with Crippen LogP contribution in [0.2, 0.25) is 10.2 Å². The van der Waals surface area contributed by atoms with E-state index in [1.54, 1.807) is 4.68 Å². The maximum atomic E-state index is 8.97. The maximum absolute atomic E-state index is 8.97. The van der Waals surface area contributed by atoms with Gasteiger partial charge in [0.25, 0.3) is 0 Å². The monoisotopic (exact) mass is 327 g/mol. The molecule has 0 atom stereocenters. The molecule has 6 heteroatoms. The minimum atomic E-state index is 0.131. The third kappa shape index (κ3) is 4.20. The summed E-state index contributed by atoms with van der Waals surface area (Å²) in [5.41, 5.74) is 3.01. The van der Waals surface area contributed by atoms with Crippen LogP contribution in [0.1, 0.15) is 16.8 Å². The molecule has 1 aromatic heterocycles. The maximum Gasteiger partial charge on any atom is 0.132 e. The van der Waals surface area contributed by atoms with E-state index >= 15 is 0 Å². The summed E-state index contributed by atoms with van der Waals surface area (Å²) in [6.45, 7) is 3.98. The van der Waals surface area contributed by atoms with Gasteiger partial charge in [-0.1, -0.05) is 35.3 Å². The Bertz CT molecular complexity index is 596. The second-order valence-electron chi connectivity index (χ2n) is 5.10. The lowest BCUT2D eigenvalue weighted by atomic mass is 10.2. The molecule has 0 unspecified atom stereocenters. The number of aryl methyl sites for hydroxylation is 1. The third-order valence-electron chi connectivity index (χ3n) is 3.34. The van der Waals surface area contributed by atoms with Crippen LogP contribution in [0.3, 0.4) is 0 Å². The normalized spacial score (nSPS) is 11.3. The van der Waals surface area contributed by atoms with Crippen LogP contribution in [0, 0.1) is 6.92 Å². The van der Waals surface area contributed by atoms with Gasteiger partial charge in [-0.25, -0.2) is 4.68 Å². The molecule has 0 bridgehead atoms. The highest BCUT2D eigenvalue weighted by atomic mass is 35.5. The number of aliphatic hydroxyl groups excluding tert-OH is 1. The van der Waals surface area contributed by atoms with Gasteiger partial charge in [0, 0.05) is 23.7 Å². The summed E-state index contributed by atoms with van der Waals surface area (Å²) in [6, 6.07) is 7.65. The summed E-state index contributed by atoms with van der Waals surface area (Å²) in [4.78, 5) is 2.02. The molecule has 4 nitrogen and oxygen atoms in total. The van der Waals surface area contributed by atoms with Gasteiger partial charge in [0.15, 0.2) is 0 Å². The molecule has 1 heterocycles. The Balaban J connectivity index is 2.16. The van der Waals surface area contributed by atoms with Crippen molar-refractivity contribution in [2.24, 2.45) is 0 Å². The lowest BCUT2D eigenvalue weighted by Gasteiger charge is -2.14. The van der Waals surface area contributed by atoms with Crippen molar-refractivity contribution in [2.75, 3.05) is 20.2 Å². The predicted molar refractivity (Wildman–Crippen MR) is 85.9 cm³/mol. The first kappa shape index (κ1) is 16.3. The van der Waals surface area contributed by atoms with Crippen molar-refractivity contribution < 1.29 is 5.11 Å². The second kappa shape index (κ2) is 7.27. The van der Waals surface area contributed by atoms with Gasteiger partial charge in [-0.05, 0) is 31.7 Å². The highest BCUT2D eigenvalue weighted by Crippen LogP contribution is 2.22. The fraction of sp³-hybridized carbons (Fsp3) is 0.400. The van der Waals surface area contributed by atoms with E-state index in [2.05, 4.69) is 5.10 Å². The van der Waals surface area contributed by atoms with Gasteiger partial charge in [0.2, 0.25) is 0 Å². The Morgan fingerprint density at radius 1 is 1.24 bits per heavy atom. The van der Waals surface area contributed by atoms with Crippen molar-refractivity contribution in [1.29, 1.82) is 0 Å². The Labute approximate surface area is 134 Å². The minimum absolute atomic E-state index is 0.131. The average Bonchev–Trinajstić information content (AvgIpc) is 2.69. The topological polar surface area (TPSA) is 41.3 Å². The van der Waals surface area contributed by atoms with Crippen LogP contribution in [0.5, 0.6) is 0 Å². The molecule has 0 aliphatic carbocycles. The van der Waals surface area contributed by atoms with E-state index in [1.807, 2.05) is 43.1 Å². The number of likely N-dealkylation sites (N-methyl/N-ethyl adjacent to an activating group) is 1. The van der Waals surface area contributed by atoms with Gasteiger partial charge in [-0.3, -0.25) is 4.90 Å². The first-order valence-electron chi connectivity index (χ1n) is 6.77. The molecule has 0 fully saturated rings. The molecule has 0 spiro atoms. The van der Waals surface area contributed by atoms with E-state index in [9.17, 15) is 0 Å². The first-order chi connectivity index (χ1) is 10.0. The van der Waals surface area contributed by atoms with E-state index in [4.69, 9.17) is 28.3 Å². The van der Waals surface area contributed by atoms with Crippen LogP contribution in [-0.2, 0) is 13.1 Å². The van der Waals surface area contributed by atoms with Crippen molar-refractivity contribution in [1.82, 2.24) is 14.7 Å². The van der Waals surface area contributed by atoms with Gasteiger partial charge in [-0.2, -0.15) is 5.10 Å².